The van der Waals surface area contributed by atoms with Gasteiger partial charge in [0.05, 0.1) is 6.04 Å². The number of aliphatic hydroxyl groups is 1. The summed E-state index contributed by atoms with van der Waals surface area (Å²) < 4.78 is 0. The summed E-state index contributed by atoms with van der Waals surface area (Å²) >= 11 is 0. The highest BCUT2D eigenvalue weighted by atomic mass is 16.3. The summed E-state index contributed by atoms with van der Waals surface area (Å²) in [7, 11) is 0. The van der Waals surface area contributed by atoms with Gasteiger partial charge in [0, 0.05) is 18.0 Å². The summed E-state index contributed by atoms with van der Waals surface area (Å²) in [5.41, 5.74) is -1.01. The molecule has 1 fully saturated rings. The van der Waals surface area contributed by atoms with E-state index in [1.54, 1.807) is 20.8 Å². The van der Waals surface area contributed by atoms with E-state index in [1.165, 1.54) is 0 Å². The number of nitrogens with one attached hydrogen (secondary N) is 4. The van der Waals surface area contributed by atoms with Gasteiger partial charge in [-0.05, 0) is 51.9 Å². The SMILES string of the molecule is CC(C)(C)C[C@H](NC(=O)C(=O)NC(C)(C)C)C(=O)N[C@@H](CC1CCCNC1=O)C(=O)CO. The van der Waals surface area contributed by atoms with Crippen LogP contribution in [-0.2, 0) is 24.0 Å². The highest BCUT2D eigenvalue weighted by Crippen LogP contribution is 2.22. The van der Waals surface area contributed by atoms with Gasteiger partial charge in [-0.3, -0.25) is 24.0 Å². The maximum atomic E-state index is 13.0. The first-order valence-corrected chi connectivity index (χ1v) is 11.0. The van der Waals surface area contributed by atoms with Crippen molar-refractivity contribution in [2.45, 2.75) is 84.8 Å². The van der Waals surface area contributed by atoms with Crippen molar-refractivity contribution in [2.24, 2.45) is 11.3 Å². The number of rotatable bonds is 8. The highest BCUT2D eigenvalue weighted by molar-refractivity contribution is 6.35. The zero-order valence-electron chi connectivity index (χ0n) is 20.0. The number of aliphatic hydroxyl groups excluding tert-OH is 1. The van der Waals surface area contributed by atoms with Gasteiger partial charge in [0.15, 0.2) is 5.78 Å². The van der Waals surface area contributed by atoms with Crippen LogP contribution >= 0.6 is 0 Å². The number of hydrogen-bond acceptors (Lipinski definition) is 6. The van der Waals surface area contributed by atoms with Crippen LogP contribution in [0.15, 0.2) is 0 Å². The van der Waals surface area contributed by atoms with Crippen molar-refractivity contribution >= 4 is 29.4 Å². The molecule has 1 aliphatic rings. The van der Waals surface area contributed by atoms with Crippen LogP contribution in [0.5, 0.6) is 0 Å². The molecule has 10 nitrogen and oxygen atoms in total. The molecule has 1 saturated heterocycles. The first kappa shape index (κ1) is 27.5. The minimum Gasteiger partial charge on any atom is -0.389 e. The van der Waals surface area contributed by atoms with Crippen molar-refractivity contribution in [3.05, 3.63) is 0 Å². The largest absolute Gasteiger partial charge is 0.389 e. The van der Waals surface area contributed by atoms with Gasteiger partial charge >= 0.3 is 11.8 Å². The monoisotopic (exact) mass is 454 g/mol. The zero-order valence-corrected chi connectivity index (χ0v) is 20.0. The molecule has 0 aromatic rings. The molecule has 1 rings (SSSR count). The number of ketones is 1. The summed E-state index contributed by atoms with van der Waals surface area (Å²) in [6.07, 6.45) is 1.59. The topological polar surface area (TPSA) is 154 Å². The smallest absolute Gasteiger partial charge is 0.309 e. The van der Waals surface area contributed by atoms with Crippen molar-refractivity contribution in [1.82, 2.24) is 21.3 Å². The minimum absolute atomic E-state index is 0.0532. The molecule has 4 amide bonds. The lowest BCUT2D eigenvalue weighted by Crippen LogP contribution is -2.57. The van der Waals surface area contributed by atoms with Crippen LogP contribution in [0.25, 0.3) is 0 Å². The average molecular weight is 455 g/mol. The van der Waals surface area contributed by atoms with Gasteiger partial charge in [-0.1, -0.05) is 20.8 Å². The zero-order chi connectivity index (χ0) is 24.7. The summed E-state index contributed by atoms with van der Waals surface area (Å²) in [5.74, 6) is -3.76. The molecule has 32 heavy (non-hydrogen) atoms. The number of Topliss-reactive ketones (excluding diaryl/α,β-unsaturated/α-hetero) is 1. The molecule has 0 radical (unpaired) electrons. The van der Waals surface area contributed by atoms with E-state index in [2.05, 4.69) is 21.3 Å². The van der Waals surface area contributed by atoms with Gasteiger partial charge < -0.3 is 26.4 Å². The lowest BCUT2D eigenvalue weighted by Gasteiger charge is -2.30. The van der Waals surface area contributed by atoms with E-state index in [1.807, 2.05) is 20.8 Å². The van der Waals surface area contributed by atoms with Gasteiger partial charge in [0.2, 0.25) is 11.8 Å². The fourth-order valence-electron chi connectivity index (χ4n) is 3.44. The normalized spacial score (nSPS) is 18.7. The van der Waals surface area contributed by atoms with E-state index in [4.69, 9.17) is 0 Å². The summed E-state index contributed by atoms with van der Waals surface area (Å²) in [4.78, 5) is 62.0. The van der Waals surface area contributed by atoms with Crippen molar-refractivity contribution in [2.75, 3.05) is 13.2 Å². The maximum Gasteiger partial charge on any atom is 0.309 e. The molecular weight excluding hydrogens is 416 g/mol. The molecule has 0 aromatic heterocycles. The summed E-state index contributed by atoms with van der Waals surface area (Å²) in [5, 5.41) is 19.6. The molecule has 5 N–H and O–H groups in total. The Morgan fingerprint density at radius 1 is 1.03 bits per heavy atom. The van der Waals surface area contributed by atoms with Crippen molar-refractivity contribution in [1.29, 1.82) is 0 Å². The van der Waals surface area contributed by atoms with Crippen LogP contribution < -0.4 is 21.3 Å². The lowest BCUT2D eigenvalue weighted by molar-refractivity contribution is -0.142. The molecular formula is C22H38N4O6. The van der Waals surface area contributed by atoms with Crippen molar-refractivity contribution in [3.63, 3.8) is 0 Å². The van der Waals surface area contributed by atoms with E-state index >= 15 is 0 Å². The molecule has 0 saturated carbocycles. The maximum absolute atomic E-state index is 13.0. The number of carbonyl (C=O) groups is 5. The second kappa shape index (κ2) is 11.4. The second-order valence-corrected chi connectivity index (χ2v) is 10.5. The van der Waals surface area contributed by atoms with Crippen LogP contribution in [0, 0.1) is 11.3 Å². The van der Waals surface area contributed by atoms with Crippen molar-refractivity contribution < 1.29 is 29.1 Å². The van der Waals surface area contributed by atoms with Crippen LogP contribution in [-0.4, -0.2) is 65.3 Å². The molecule has 1 aliphatic heterocycles. The fourth-order valence-corrected chi connectivity index (χ4v) is 3.44. The molecule has 182 valence electrons. The number of carbonyl (C=O) groups excluding carboxylic acids is 5. The van der Waals surface area contributed by atoms with Crippen LogP contribution in [0.3, 0.4) is 0 Å². The molecule has 3 atom stereocenters. The second-order valence-electron chi connectivity index (χ2n) is 10.5. The third-order valence-corrected chi connectivity index (χ3v) is 4.91. The first-order valence-electron chi connectivity index (χ1n) is 11.0. The van der Waals surface area contributed by atoms with Gasteiger partial charge in [-0.2, -0.15) is 0 Å². The standard InChI is InChI=1S/C22H38N4O6/c1-21(2,3)11-15(25-19(31)20(32)26-22(4,5)6)18(30)24-14(16(28)12-27)10-13-8-7-9-23-17(13)29/h13-15,27H,7-12H2,1-6H3,(H,23,29)(H,24,30)(H,25,31)(H,26,32)/t13?,14-,15-/m0/s1. The van der Waals surface area contributed by atoms with Gasteiger partial charge in [0.25, 0.3) is 0 Å². The van der Waals surface area contributed by atoms with Crippen LogP contribution in [0.2, 0.25) is 0 Å². The molecule has 1 unspecified atom stereocenters. The van der Waals surface area contributed by atoms with E-state index in [9.17, 15) is 29.1 Å². The Labute approximate surface area is 189 Å². The third-order valence-electron chi connectivity index (χ3n) is 4.91. The number of hydrogen-bond donors (Lipinski definition) is 5. The Hall–Kier alpha value is -2.49. The van der Waals surface area contributed by atoms with E-state index < -0.39 is 53.7 Å². The Balaban J connectivity index is 2.97. The van der Waals surface area contributed by atoms with E-state index in [-0.39, 0.29) is 24.2 Å². The van der Waals surface area contributed by atoms with Crippen LogP contribution in [0.1, 0.15) is 67.2 Å². The molecule has 1 heterocycles. The van der Waals surface area contributed by atoms with Gasteiger partial charge in [-0.25, -0.2) is 0 Å². The molecule has 0 bridgehead atoms. The van der Waals surface area contributed by atoms with E-state index in [0.29, 0.717) is 13.0 Å². The Morgan fingerprint density at radius 2 is 1.66 bits per heavy atom. The predicted molar refractivity (Wildman–Crippen MR) is 118 cm³/mol. The summed E-state index contributed by atoms with van der Waals surface area (Å²) in [6.45, 7) is 10.6. The molecule has 0 aromatic carbocycles. The van der Waals surface area contributed by atoms with Crippen LogP contribution in [0.4, 0.5) is 0 Å². The predicted octanol–water partition coefficient (Wildman–Crippen LogP) is -0.215. The average Bonchev–Trinajstić information content (AvgIpc) is 2.65. The fraction of sp³-hybridized carbons (Fsp3) is 0.773. The number of amides is 4. The van der Waals surface area contributed by atoms with Gasteiger partial charge in [-0.15, -0.1) is 0 Å². The number of piperidine rings is 1. The molecule has 0 spiro atoms. The Bertz CT molecular complexity index is 723. The Kier molecular flexibility index (Phi) is 9.81. The first-order chi connectivity index (χ1) is 14.6. The van der Waals surface area contributed by atoms with Gasteiger partial charge in [0.1, 0.15) is 12.6 Å². The minimum atomic E-state index is -1.08. The highest BCUT2D eigenvalue weighted by Gasteiger charge is 2.34. The molecule has 10 heteroatoms. The van der Waals surface area contributed by atoms with Crippen molar-refractivity contribution in [3.8, 4) is 0 Å². The Morgan fingerprint density at radius 3 is 2.16 bits per heavy atom. The third kappa shape index (κ3) is 9.76. The molecule has 0 aliphatic carbocycles. The summed E-state index contributed by atoms with van der Waals surface area (Å²) in [6, 6.07) is -2.16. The quantitative estimate of drug-likeness (QED) is 0.320. The lowest BCUT2D eigenvalue weighted by atomic mass is 9.87. The van der Waals surface area contributed by atoms with E-state index in [0.717, 1.165) is 6.42 Å².